The van der Waals surface area contributed by atoms with Gasteiger partial charge in [0.05, 0.1) is 0 Å². The molecule has 1 rings (SSSR count). The van der Waals surface area contributed by atoms with Gasteiger partial charge in [-0.3, -0.25) is 0 Å². The summed E-state index contributed by atoms with van der Waals surface area (Å²) >= 11 is 0. The molecule has 1 fully saturated rings. The van der Waals surface area contributed by atoms with Crippen LogP contribution in [0.4, 0.5) is 0 Å². The average molecular weight is 226 g/mol. The van der Waals surface area contributed by atoms with Crippen molar-refractivity contribution in [1.29, 1.82) is 0 Å². The van der Waals surface area contributed by atoms with Gasteiger partial charge in [-0.25, -0.2) is 0 Å². The lowest BCUT2D eigenvalue weighted by Crippen LogP contribution is -2.41. The first-order valence-corrected chi connectivity index (χ1v) is 6.99. The molecule has 0 bridgehead atoms. The van der Waals surface area contributed by atoms with Crippen molar-refractivity contribution in [2.75, 3.05) is 33.2 Å². The molecule has 2 heteroatoms. The van der Waals surface area contributed by atoms with Gasteiger partial charge in [-0.2, -0.15) is 0 Å². The Kier molecular flexibility index (Phi) is 5.77. The van der Waals surface area contributed by atoms with Crippen LogP contribution in [-0.2, 0) is 0 Å². The molecule has 16 heavy (non-hydrogen) atoms. The molecule has 1 aliphatic rings. The molecule has 0 aliphatic heterocycles. The van der Waals surface area contributed by atoms with Crippen molar-refractivity contribution in [3.05, 3.63) is 0 Å². The predicted molar refractivity (Wildman–Crippen MR) is 71.8 cm³/mol. The highest BCUT2D eigenvalue weighted by Crippen LogP contribution is 2.31. The summed E-state index contributed by atoms with van der Waals surface area (Å²) < 4.78 is 0. The molecule has 0 saturated heterocycles. The molecule has 2 nitrogen and oxygen atoms in total. The van der Waals surface area contributed by atoms with E-state index in [0.717, 1.165) is 19.0 Å². The SMILES string of the molecule is CCCC(C)(CNCC)CN(C)CC1CC1. The maximum absolute atomic E-state index is 3.52. The third-order valence-corrected chi connectivity index (χ3v) is 3.57. The summed E-state index contributed by atoms with van der Waals surface area (Å²) in [6.45, 7) is 11.7. The number of rotatable bonds is 9. The van der Waals surface area contributed by atoms with Crippen molar-refractivity contribution in [3.8, 4) is 0 Å². The first-order valence-electron chi connectivity index (χ1n) is 6.99. The van der Waals surface area contributed by atoms with Crippen molar-refractivity contribution >= 4 is 0 Å². The minimum atomic E-state index is 0.453. The van der Waals surface area contributed by atoms with Crippen molar-refractivity contribution < 1.29 is 0 Å². The Bertz CT molecular complexity index is 189. The van der Waals surface area contributed by atoms with Crippen LogP contribution < -0.4 is 5.32 Å². The lowest BCUT2D eigenvalue weighted by atomic mass is 9.85. The summed E-state index contributed by atoms with van der Waals surface area (Å²) in [5.74, 6) is 1.01. The van der Waals surface area contributed by atoms with Crippen LogP contribution >= 0.6 is 0 Å². The second-order valence-electron chi connectivity index (χ2n) is 5.98. The summed E-state index contributed by atoms with van der Waals surface area (Å²) in [6.07, 6.45) is 5.54. The van der Waals surface area contributed by atoms with Gasteiger partial charge < -0.3 is 10.2 Å². The van der Waals surface area contributed by atoms with Crippen molar-refractivity contribution in [1.82, 2.24) is 10.2 Å². The molecule has 1 saturated carbocycles. The minimum absolute atomic E-state index is 0.453. The Morgan fingerprint density at radius 1 is 1.31 bits per heavy atom. The Labute approximate surface area is 102 Å². The van der Waals surface area contributed by atoms with Crippen molar-refractivity contribution in [2.45, 2.75) is 46.5 Å². The van der Waals surface area contributed by atoms with E-state index >= 15 is 0 Å². The van der Waals surface area contributed by atoms with Gasteiger partial charge in [0.2, 0.25) is 0 Å². The molecule has 1 N–H and O–H groups in total. The van der Waals surface area contributed by atoms with Gasteiger partial charge in [-0.1, -0.05) is 27.2 Å². The molecule has 96 valence electrons. The maximum atomic E-state index is 3.52. The van der Waals surface area contributed by atoms with E-state index in [9.17, 15) is 0 Å². The second-order valence-corrected chi connectivity index (χ2v) is 5.98. The average Bonchev–Trinajstić information content (AvgIpc) is 2.98. The number of nitrogens with one attached hydrogen (secondary N) is 1. The molecular formula is C14H30N2. The molecule has 0 radical (unpaired) electrons. The van der Waals surface area contributed by atoms with Gasteiger partial charge in [0.15, 0.2) is 0 Å². The van der Waals surface area contributed by atoms with E-state index < -0.39 is 0 Å². The van der Waals surface area contributed by atoms with Crippen LogP contribution in [0, 0.1) is 11.3 Å². The molecule has 0 amide bonds. The fraction of sp³-hybridized carbons (Fsp3) is 1.00. The molecular weight excluding hydrogens is 196 g/mol. The molecule has 1 atom stereocenters. The molecule has 0 aromatic rings. The summed E-state index contributed by atoms with van der Waals surface area (Å²) in [5.41, 5.74) is 0.453. The van der Waals surface area contributed by atoms with Gasteiger partial charge in [-0.05, 0) is 44.2 Å². The summed E-state index contributed by atoms with van der Waals surface area (Å²) in [7, 11) is 2.29. The van der Waals surface area contributed by atoms with Gasteiger partial charge in [-0.15, -0.1) is 0 Å². The van der Waals surface area contributed by atoms with Crippen molar-refractivity contribution in [3.63, 3.8) is 0 Å². The fourth-order valence-corrected chi connectivity index (χ4v) is 2.71. The van der Waals surface area contributed by atoms with Gasteiger partial charge in [0.1, 0.15) is 0 Å². The predicted octanol–water partition coefficient (Wildman–Crippen LogP) is 2.74. The van der Waals surface area contributed by atoms with Gasteiger partial charge >= 0.3 is 0 Å². The smallest absolute Gasteiger partial charge is 0.00445 e. The standard InChI is InChI=1S/C14H30N2/c1-5-9-14(3,11-15-6-2)12-16(4)10-13-7-8-13/h13,15H,5-12H2,1-4H3. The Balaban J connectivity index is 2.33. The topological polar surface area (TPSA) is 15.3 Å². The monoisotopic (exact) mass is 226 g/mol. The van der Waals surface area contributed by atoms with E-state index in [0.29, 0.717) is 5.41 Å². The second kappa shape index (κ2) is 6.61. The van der Waals surface area contributed by atoms with Crippen LogP contribution in [0.5, 0.6) is 0 Å². The zero-order valence-electron chi connectivity index (χ0n) is 11.7. The summed E-state index contributed by atoms with van der Waals surface area (Å²) in [4.78, 5) is 2.55. The number of hydrogen-bond donors (Lipinski definition) is 1. The minimum Gasteiger partial charge on any atom is -0.316 e. The highest BCUT2D eigenvalue weighted by molar-refractivity contribution is 4.82. The maximum Gasteiger partial charge on any atom is 0.00445 e. The highest BCUT2D eigenvalue weighted by Gasteiger charge is 2.28. The fourth-order valence-electron chi connectivity index (χ4n) is 2.71. The Morgan fingerprint density at radius 2 is 2.00 bits per heavy atom. The van der Waals surface area contributed by atoms with Crippen LogP contribution in [0.2, 0.25) is 0 Å². The van der Waals surface area contributed by atoms with Gasteiger partial charge in [0.25, 0.3) is 0 Å². The van der Waals surface area contributed by atoms with E-state index in [4.69, 9.17) is 0 Å². The van der Waals surface area contributed by atoms with E-state index in [-0.39, 0.29) is 0 Å². The number of hydrogen-bond acceptors (Lipinski definition) is 2. The van der Waals surface area contributed by atoms with Crippen LogP contribution in [0.25, 0.3) is 0 Å². The Hall–Kier alpha value is -0.0800. The summed E-state index contributed by atoms with van der Waals surface area (Å²) in [6, 6.07) is 0. The molecule has 0 aromatic heterocycles. The number of nitrogens with zero attached hydrogens (tertiary/aromatic N) is 1. The molecule has 1 aliphatic carbocycles. The van der Waals surface area contributed by atoms with Gasteiger partial charge in [0, 0.05) is 19.6 Å². The lowest BCUT2D eigenvalue weighted by Gasteiger charge is -2.34. The highest BCUT2D eigenvalue weighted by atomic mass is 15.1. The quantitative estimate of drug-likeness (QED) is 0.650. The lowest BCUT2D eigenvalue weighted by molar-refractivity contribution is 0.169. The summed E-state index contributed by atoms with van der Waals surface area (Å²) in [5, 5.41) is 3.52. The third-order valence-electron chi connectivity index (χ3n) is 3.57. The van der Waals surface area contributed by atoms with E-state index in [2.05, 4.69) is 38.0 Å². The first-order chi connectivity index (χ1) is 7.59. The van der Waals surface area contributed by atoms with Crippen molar-refractivity contribution in [2.24, 2.45) is 11.3 Å². The van der Waals surface area contributed by atoms with Crippen LogP contribution in [0.1, 0.15) is 46.5 Å². The van der Waals surface area contributed by atoms with Crippen LogP contribution in [-0.4, -0.2) is 38.1 Å². The van der Waals surface area contributed by atoms with Crippen LogP contribution in [0.15, 0.2) is 0 Å². The molecule has 1 unspecified atom stereocenters. The normalized spacial score (nSPS) is 20.1. The molecule has 0 spiro atoms. The molecule has 0 heterocycles. The van der Waals surface area contributed by atoms with E-state index in [1.165, 1.54) is 38.8 Å². The largest absolute Gasteiger partial charge is 0.316 e. The van der Waals surface area contributed by atoms with E-state index in [1.807, 2.05) is 0 Å². The molecule has 0 aromatic carbocycles. The first kappa shape index (κ1) is 14.0. The van der Waals surface area contributed by atoms with E-state index in [1.54, 1.807) is 0 Å². The third kappa shape index (κ3) is 5.31. The zero-order valence-corrected chi connectivity index (χ0v) is 11.7. The van der Waals surface area contributed by atoms with Crippen LogP contribution in [0.3, 0.4) is 0 Å². The Morgan fingerprint density at radius 3 is 2.50 bits per heavy atom. The zero-order chi connectivity index (χ0) is 12.0.